The smallest absolute Gasteiger partial charge is 0.253 e. The summed E-state index contributed by atoms with van der Waals surface area (Å²) in [7, 11) is 1.96. The van der Waals surface area contributed by atoms with Gasteiger partial charge in [-0.3, -0.25) is 4.79 Å². The fourth-order valence-electron chi connectivity index (χ4n) is 3.56. The number of alkyl halides is 1. The molecule has 0 radical (unpaired) electrons. The largest absolute Gasteiger partial charge is 0.338 e. The molecular formula is C17H22BrNO. The molecule has 2 atom stereocenters. The van der Waals surface area contributed by atoms with Crippen molar-refractivity contribution in [3.05, 3.63) is 34.9 Å². The molecule has 0 N–H and O–H groups in total. The summed E-state index contributed by atoms with van der Waals surface area (Å²) in [6.07, 6.45) is 8.32. The van der Waals surface area contributed by atoms with E-state index >= 15 is 0 Å². The number of hydrogen-bond acceptors (Lipinski definition) is 1. The average Bonchev–Trinajstić information content (AvgIpc) is 2.93. The van der Waals surface area contributed by atoms with Crippen LogP contribution in [0.2, 0.25) is 0 Å². The van der Waals surface area contributed by atoms with Gasteiger partial charge in [0.15, 0.2) is 0 Å². The van der Waals surface area contributed by atoms with Gasteiger partial charge in [-0.25, -0.2) is 0 Å². The molecule has 1 aromatic carbocycles. The van der Waals surface area contributed by atoms with Crippen LogP contribution in [-0.2, 0) is 12.8 Å². The highest BCUT2D eigenvalue weighted by atomic mass is 79.9. The number of carbonyl (C=O) groups excluding carboxylic acids is 1. The third-order valence-corrected chi connectivity index (χ3v) is 5.88. The minimum atomic E-state index is 0.177. The topological polar surface area (TPSA) is 20.3 Å². The molecule has 2 aliphatic rings. The summed E-state index contributed by atoms with van der Waals surface area (Å²) in [5, 5.41) is 0. The molecule has 0 spiro atoms. The molecule has 1 fully saturated rings. The molecule has 1 amide bonds. The van der Waals surface area contributed by atoms with Crippen molar-refractivity contribution in [3.8, 4) is 0 Å². The molecule has 3 rings (SSSR count). The number of nitrogens with zero attached hydrogens (tertiary/aromatic N) is 1. The van der Waals surface area contributed by atoms with Crippen molar-refractivity contribution in [2.24, 2.45) is 0 Å². The Morgan fingerprint density at radius 1 is 1.15 bits per heavy atom. The lowest BCUT2D eigenvalue weighted by Crippen LogP contribution is -2.44. The molecule has 2 aliphatic carbocycles. The van der Waals surface area contributed by atoms with E-state index in [-0.39, 0.29) is 5.91 Å². The van der Waals surface area contributed by atoms with Gasteiger partial charge in [-0.05, 0) is 55.4 Å². The predicted molar refractivity (Wildman–Crippen MR) is 85.5 cm³/mol. The van der Waals surface area contributed by atoms with Gasteiger partial charge in [0.05, 0.1) is 0 Å². The Balaban J connectivity index is 1.77. The summed E-state index contributed by atoms with van der Waals surface area (Å²) in [4.78, 5) is 15.1. The Labute approximate surface area is 129 Å². The number of rotatable bonds is 2. The average molecular weight is 336 g/mol. The molecule has 1 saturated carbocycles. The summed E-state index contributed by atoms with van der Waals surface area (Å²) < 4.78 is 0. The Bertz CT molecular complexity index is 514. The molecule has 0 bridgehead atoms. The van der Waals surface area contributed by atoms with Gasteiger partial charge in [0.2, 0.25) is 0 Å². The number of hydrogen-bond donors (Lipinski definition) is 0. The van der Waals surface area contributed by atoms with E-state index in [0.717, 1.165) is 18.4 Å². The zero-order valence-corrected chi connectivity index (χ0v) is 13.7. The van der Waals surface area contributed by atoms with Crippen molar-refractivity contribution >= 4 is 21.8 Å². The number of benzene rings is 1. The molecule has 0 aliphatic heterocycles. The molecule has 1 aromatic rings. The lowest BCUT2D eigenvalue weighted by atomic mass is 9.93. The molecule has 108 valence electrons. The van der Waals surface area contributed by atoms with Crippen molar-refractivity contribution in [2.45, 2.75) is 55.8 Å². The lowest BCUT2D eigenvalue weighted by molar-refractivity contribution is 0.0704. The van der Waals surface area contributed by atoms with Gasteiger partial charge in [0.1, 0.15) is 0 Å². The van der Waals surface area contributed by atoms with Crippen LogP contribution in [0.3, 0.4) is 0 Å². The van der Waals surface area contributed by atoms with Gasteiger partial charge in [-0.15, -0.1) is 0 Å². The van der Waals surface area contributed by atoms with Crippen LogP contribution in [0, 0.1) is 0 Å². The fourth-order valence-corrected chi connectivity index (χ4v) is 4.50. The first-order valence-corrected chi connectivity index (χ1v) is 8.61. The highest BCUT2D eigenvalue weighted by Gasteiger charge is 2.29. The molecule has 2 unspecified atom stereocenters. The fraction of sp³-hybridized carbons (Fsp3) is 0.588. The Morgan fingerprint density at radius 2 is 1.90 bits per heavy atom. The number of amides is 1. The monoisotopic (exact) mass is 335 g/mol. The van der Waals surface area contributed by atoms with Crippen molar-refractivity contribution in [1.29, 1.82) is 0 Å². The standard InChI is InChI=1S/C17H22BrNO/c1-19(16-8-3-2-7-15(16)18)17(20)14-10-9-12-5-4-6-13(12)11-14/h9-11,15-16H,2-8H2,1H3. The van der Waals surface area contributed by atoms with Crippen LogP contribution in [-0.4, -0.2) is 28.7 Å². The molecule has 0 aromatic heterocycles. The van der Waals surface area contributed by atoms with Crippen LogP contribution in [0.4, 0.5) is 0 Å². The van der Waals surface area contributed by atoms with Gasteiger partial charge in [0.25, 0.3) is 5.91 Å². The lowest BCUT2D eigenvalue weighted by Gasteiger charge is -2.35. The second-order valence-electron chi connectivity index (χ2n) is 6.12. The molecule has 0 saturated heterocycles. The molecule has 20 heavy (non-hydrogen) atoms. The minimum Gasteiger partial charge on any atom is -0.338 e. The van der Waals surface area contributed by atoms with Crippen molar-refractivity contribution < 1.29 is 4.79 Å². The normalized spacial score (nSPS) is 25.3. The van der Waals surface area contributed by atoms with Gasteiger partial charge in [0, 0.05) is 23.5 Å². The second-order valence-corrected chi connectivity index (χ2v) is 7.30. The summed E-state index contributed by atoms with van der Waals surface area (Å²) in [5.41, 5.74) is 3.67. The van der Waals surface area contributed by atoms with Crippen molar-refractivity contribution in [1.82, 2.24) is 4.90 Å². The van der Waals surface area contributed by atoms with Crippen LogP contribution in [0.1, 0.15) is 53.6 Å². The Hall–Kier alpha value is -0.830. The van der Waals surface area contributed by atoms with Gasteiger partial charge >= 0.3 is 0 Å². The zero-order valence-electron chi connectivity index (χ0n) is 12.1. The van der Waals surface area contributed by atoms with E-state index in [9.17, 15) is 4.79 Å². The van der Waals surface area contributed by atoms with Crippen LogP contribution in [0.5, 0.6) is 0 Å². The first-order valence-electron chi connectivity index (χ1n) is 7.70. The highest BCUT2D eigenvalue weighted by Crippen LogP contribution is 2.29. The maximum atomic E-state index is 12.7. The van der Waals surface area contributed by atoms with Gasteiger partial charge in [-0.2, -0.15) is 0 Å². The highest BCUT2D eigenvalue weighted by molar-refractivity contribution is 9.09. The van der Waals surface area contributed by atoms with E-state index in [1.54, 1.807) is 0 Å². The van der Waals surface area contributed by atoms with E-state index in [4.69, 9.17) is 0 Å². The van der Waals surface area contributed by atoms with Gasteiger partial charge < -0.3 is 4.90 Å². The minimum absolute atomic E-state index is 0.177. The van der Waals surface area contributed by atoms with E-state index in [0.29, 0.717) is 10.9 Å². The summed E-state index contributed by atoms with van der Waals surface area (Å²) in [6.45, 7) is 0. The number of halogens is 1. The molecule has 0 heterocycles. The first-order chi connectivity index (χ1) is 9.66. The maximum absolute atomic E-state index is 12.7. The van der Waals surface area contributed by atoms with Gasteiger partial charge in [-0.1, -0.05) is 34.8 Å². The van der Waals surface area contributed by atoms with E-state index in [2.05, 4.69) is 28.1 Å². The second kappa shape index (κ2) is 5.88. The summed E-state index contributed by atoms with van der Waals surface area (Å²) >= 11 is 3.75. The summed E-state index contributed by atoms with van der Waals surface area (Å²) in [5.74, 6) is 0.177. The van der Waals surface area contributed by atoms with Crippen LogP contribution in [0.15, 0.2) is 18.2 Å². The van der Waals surface area contributed by atoms with Crippen LogP contribution in [0.25, 0.3) is 0 Å². The van der Waals surface area contributed by atoms with E-state index in [1.165, 1.54) is 43.2 Å². The van der Waals surface area contributed by atoms with Crippen molar-refractivity contribution in [3.63, 3.8) is 0 Å². The number of aryl methyl sites for hydroxylation is 2. The maximum Gasteiger partial charge on any atom is 0.253 e. The third kappa shape index (κ3) is 2.65. The number of fused-ring (bicyclic) bond motifs is 1. The first kappa shape index (κ1) is 14.1. The van der Waals surface area contributed by atoms with E-state index in [1.807, 2.05) is 18.0 Å². The predicted octanol–water partition coefficient (Wildman–Crippen LogP) is 3.95. The Morgan fingerprint density at radius 3 is 2.70 bits per heavy atom. The summed E-state index contributed by atoms with van der Waals surface area (Å²) in [6, 6.07) is 6.61. The van der Waals surface area contributed by atoms with Crippen molar-refractivity contribution in [2.75, 3.05) is 7.05 Å². The number of carbonyl (C=O) groups is 1. The van der Waals surface area contributed by atoms with Crippen LogP contribution >= 0.6 is 15.9 Å². The molecular weight excluding hydrogens is 314 g/mol. The molecule has 3 heteroatoms. The third-order valence-electron chi connectivity index (χ3n) is 4.81. The Kier molecular flexibility index (Phi) is 4.16. The van der Waals surface area contributed by atoms with E-state index < -0.39 is 0 Å². The zero-order chi connectivity index (χ0) is 14.1. The molecule has 2 nitrogen and oxygen atoms in total. The van der Waals surface area contributed by atoms with Crippen LogP contribution < -0.4 is 0 Å². The SMILES string of the molecule is CN(C(=O)c1ccc2c(c1)CCC2)C1CCCCC1Br. The quantitative estimate of drug-likeness (QED) is 0.749.